The molecule has 1 aromatic rings. The van der Waals surface area contributed by atoms with Crippen LogP contribution < -0.4 is 10.6 Å². The third-order valence-corrected chi connectivity index (χ3v) is 5.33. The molecule has 2 fully saturated rings. The molecule has 2 nitrogen and oxygen atoms in total. The first kappa shape index (κ1) is 15.1. The highest BCUT2D eigenvalue weighted by molar-refractivity contribution is 5.14. The normalized spacial score (nSPS) is 29.6. The maximum atomic E-state index is 3.86. The van der Waals surface area contributed by atoms with Gasteiger partial charge in [0.25, 0.3) is 0 Å². The van der Waals surface area contributed by atoms with E-state index in [0.29, 0.717) is 0 Å². The maximum absolute atomic E-state index is 3.86. The number of aryl methyl sites for hydroxylation is 1. The topological polar surface area (TPSA) is 24.1 Å². The van der Waals surface area contributed by atoms with E-state index in [-0.39, 0.29) is 0 Å². The van der Waals surface area contributed by atoms with Gasteiger partial charge in [-0.2, -0.15) is 0 Å². The lowest BCUT2D eigenvalue weighted by Crippen LogP contribution is -2.47. The second-order valence-corrected chi connectivity index (χ2v) is 6.80. The van der Waals surface area contributed by atoms with Gasteiger partial charge in [-0.15, -0.1) is 0 Å². The molecule has 1 aromatic carbocycles. The first-order chi connectivity index (χ1) is 10.4. The van der Waals surface area contributed by atoms with Crippen molar-refractivity contribution < 1.29 is 0 Å². The van der Waals surface area contributed by atoms with Gasteiger partial charge >= 0.3 is 0 Å². The van der Waals surface area contributed by atoms with Crippen LogP contribution in [-0.4, -0.2) is 25.2 Å². The molecule has 2 N–H and O–H groups in total. The van der Waals surface area contributed by atoms with E-state index in [9.17, 15) is 0 Å². The molecule has 1 aliphatic carbocycles. The molecule has 1 saturated heterocycles. The Morgan fingerprint density at radius 1 is 1.00 bits per heavy atom. The number of rotatable bonds is 6. The van der Waals surface area contributed by atoms with Crippen molar-refractivity contribution in [3.63, 3.8) is 0 Å². The Balaban J connectivity index is 1.39. The van der Waals surface area contributed by atoms with E-state index in [4.69, 9.17) is 0 Å². The molecule has 3 rings (SSSR count). The summed E-state index contributed by atoms with van der Waals surface area (Å²) in [4.78, 5) is 0. The Morgan fingerprint density at radius 2 is 1.90 bits per heavy atom. The lowest BCUT2D eigenvalue weighted by Gasteiger charge is -2.33. The minimum atomic E-state index is 0.761. The van der Waals surface area contributed by atoms with Gasteiger partial charge in [-0.05, 0) is 63.1 Å². The number of piperidine rings is 1. The molecular weight excluding hydrogens is 256 g/mol. The van der Waals surface area contributed by atoms with Crippen molar-refractivity contribution in [1.82, 2.24) is 10.6 Å². The van der Waals surface area contributed by atoms with Gasteiger partial charge in [0.15, 0.2) is 0 Å². The zero-order valence-electron chi connectivity index (χ0n) is 13.2. The van der Waals surface area contributed by atoms with Crippen LogP contribution in [0.15, 0.2) is 30.3 Å². The Morgan fingerprint density at radius 3 is 2.71 bits per heavy atom. The average Bonchev–Trinajstić information content (AvgIpc) is 3.02. The van der Waals surface area contributed by atoms with Crippen LogP contribution >= 0.6 is 0 Å². The number of hydrogen-bond acceptors (Lipinski definition) is 2. The predicted molar refractivity (Wildman–Crippen MR) is 89.5 cm³/mol. The third-order valence-electron chi connectivity index (χ3n) is 5.33. The summed E-state index contributed by atoms with van der Waals surface area (Å²) in [5.74, 6) is 0.877. The third kappa shape index (κ3) is 4.31. The van der Waals surface area contributed by atoms with Crippen molar-refractivity contribution in [3.8, 4) is 0 Å². The zero-order chi connectivity index (χ0) is 14.3. The summed E-state index contributed by atoms with van der Waals surface area (Å²) >= 11 is 0. The standard InChI is InChI=1S/C19H30N2/c1-2-8-16(9-3-1)10-7-15-21-19-13-6-11-17(19)18-12-4-5-14-20-18/h1-3,8-9,17-21H,4-7,10-15H2. The van der Waals surface area contributed by atoms with Gasteiger partial charge in [0.05, 0.1) is 0 Å². The quantitative estimate of drug-likeness (QED) is 0.782. The summed E-state index contributed by atoms with van der Waals surface area (Å²) < 4.78 is 0. The summed E-state index contributed by atoms with van der Waals surface area (Å²) in [6.45, 7) is 2.41. The van der Waals surface area contributed by atoms with E-state index >= 15 is 0 Å². The Labute approximate surface area is 129 Å². The lowest BCUT2D eigenvalue weighted by atomic mass is 9.88. The van der Waals surface area contributed by atoms with Crippen LogP contribution in [0.5, 0.6) is 0 Å². The van der Waals surface area contributed by atoms with Crippen molar-refractivity contribution >= 4 is 0 Å². The van der Waals surface area contributed by atoms with Gasteiger partial charge in [0.2, 0.25) is 0 Å². The van der Waals surface area contributed by atoms with Crippen LogP contribution in [0.4, 0.5) is 0 Å². The van der Waals surface area contributed by atoms with Gasteiger partial charge in [0.1, 0.15) is 0 Å². The minimum absolute atomic E-state index is 0.761. The van der Waals surface area contributed by atoms with Crippen molar-refractivity contribution in [2.75, 3.05) is 13.1 Å². The Hall–Kier alpha value is -0.860. The molecule has 0 amide bonds. The molecule has 1 aliphatic heterocycles. The minimum Gasteiger partial charge on any atom is -0.314 e. The fourth-order valence-electron chi connectivity index (χ4n) is 4.19. The predicted octanol–water partition coefficient (Wildman–Crippen LogP) is 3.52. The van der Waals surface area contributed by atoms with Crippen molar-refractivity contribution in [2.24, 2.45) is 5.92 Å². The van der Waals surface area contributed by atoms with Gasteiger partial charge in [-0.1, -0.05) is 43.2 Å². The molecule has 2 aliphatic rings. The van der Waals surface area contributed by atoms with Crippen LogP contribution in [-0.2, 0) is 6.42 Å². The molecular formula is C19H30N2. The van der Waals surface area contributed by atoms with Crippen LogP contribution in [0, 0.1) is 5.92 Å². The molecule has 3 atom stereocenters. The monoisotopic (exact) mass is 286 g/mol. The first-order valence-electron chi connectivity index (χ1n) is 8.94. The van der Waals surface area contributed by atoms with Crippen molar-refractivity contribution in [1.29, 1.82) is 0 Å². The highest BCUT2D eigenvalue weighted by atomic mass is 15.0. The number of hydrogen-bond donors (Lipinski definition) is 2. The Bertz CT molecular complexity index is 397. The smallest absolute Gasteiger partial charge is 0.0110 e. The number of benzene rings is 1. The molecule has 116 valence electrons. The molecule has 2 heteroatoms. The zero-order valence-corrected chi connectivity index (χ0v) is 13.2. The van der Waals surface area contributed by atoms with Crippen molar-refractivity contribution in [3.05, 3.63) is 35.9 Å². The number of nitrogens with one attached hydrogen (secondary N) is 2. The van der Waals surface area contributed by atoms with E-state index in [1.807, 2.05) is 0 Å². The van der Waals surface area contributed by atoms with Gasteiger partial charge in [0, 0.05) is 12.1 Å². The highest BCUT2D eigenvalue weighted by Gasteiger charge is 2.33. The molecule has 21 heavy (non-hydrogen) atoms. The fourth-order valence-corrected chi connectivity index (χ4v) is 4.19. The molecule has 0 aromatic heterocycles. The van der Waals surface area contributed by atoms with E-state index in [1.54, 1.807) is 0 Å². The van der Waals surface area contributed by atoms with E-state index in [2.05, 4.69) is 41.0 Å². The Kier molecular flexibility index (Phi) is 5.70. The van der Waals surface area contributed by atoms with E-state index in [1.165, 1.54) is 70.0 Å². The molecule has 1 saturated carbocycles. The largest absolute Gasteiger partial charge is 0.314 e. The van der Waals surface area contributed by atoms with Gasteiger partial charge in [-0.3, -0.25) is 0 Å². The first-order valence-corrected chi connectivity index (χ1v) is 8.94. The molecule has 0 spiro atoms. The van der Waals surface area contributed by atoms with Crippen LogP contribution in [0.25, 0.3) is 0 Å². The second-order valence-electron chi connectivity index (χ2n) is 6.80. The average molecular weight is 286 g/mol. The summed E-state index contributed by atoms with van der Waals surface area (Å²) in [5, 5.41) is 7.63. The van der Waals surface area contributed by atoms with Crippen LogP contribution in [0.2, 0.25) is 0 Å². The van der Waals surface area contributed by atoms with Crippen LogP contribution in [0.1, 0.15) is 50.5 Å². The van der Waals surface area contributed by atoms with Gasteiger partial charge in [-0.25, -0.2) is 0 Å². The van der Waals surface area contributed by atoms with E-state index < -0.39 is 0 Å². The van der Waals surface area contributed by atoms with Crippen LogP contribution in [0.3, 0.4) is 0 Å². The summed E-state index contributed by atoms with van der Waals surface area (Å²) in [7, 11) is 0. The van der Waals surface area contributed by atoms with Crippen molar-refractivity contribution in [2.45, 2.75) is 63.5 Å². The molecule has 0 bridgehead atoms. The molecule has 0 radical (unpaired) electrons. The summed E-state index contributed by atoms with van der Waals surface area (Å²) in [6.07, 6.45) is 10.9. The van der Waals surface area contributed by atoms with E-state index in [0.717, 1.165) is 18.0 Å². The fraction of sp³-hybridized carbons (Fsp3) is 0.684. The lowest BCUT2D eigenvalue weighted by molar-refractivity contribution is 0.257. The molecule has 1 heterocycles. The maximum Gasteiger partial charge on any atom is 0.0110 e. The molecule has 3 unspecified atom stereocenters. The summed E-state index contributed by atoms with van der Waals surface area (Å²) in [6, 6.07) is 12.4. The SMILES string of the molecule is c1ccc(CCCNC2CCCC2C2CCCCN2)cc1. The highest BCUT2D eigenvalue weighted by Crippen LogP contribution is 2.31. The second kappa shape index (κ2) is 7.95. The van der Waals surface area contributed by atoms with Gasteiger partial charge < -0.3 is 10.6 Å². The summed E-state index contributed by atoms with van der Waals surface area (Å²) in [5.41, 5.74) is 1.47.